The topological polar surface area (TPSA) is 79.5 Å². The van der Waals surface area contributed by atoms with Crippen molar-refractivity contribution in [3.63, 3.8) is 0 Å². The molecule has 0 aromatic heterocycles. The second kappa shape index (κ2) is 9.72. The first-order valence-electron chi connectivity index (χ1n) is 7.43. The van der Waals surface area contributed by atoms with E-state index in [-0.39, 0.29) is 17.9 Å². The van der Waals surface area contributed by atoms with Gasteiger partial charge in [0.15, 0.2) is 0 Å². The Balaban J connectivity index is 2.07. The Morgan fingerprint density at radius 2 is 1.95 bits per heavy atom. The molecule has 0 radical (unpaired) electrons. The van der Waals surface area contributed by atoms with Crippen molar-refractivity contribution in [1.29, 1.82) is 0 Å². The third-order valence-electron chi connectivity index (χ3n) is 3.53. The van der Waals surface area contributed by atoms with E-state index in [0.717, 1.165) is 12.8 Å². The van der Waals surface area contributed by atoms with Gasteiger partial charge in [-0.1, -0.05) is 12.8 Å². The fourth-order valence-corrected chi connectivity index (χ4v) is 2.27. The van der Waals surface area contributed by atoms with E-state index in [9.17, 15) is 9.59 Å². The molecule has 0 spiro atoms. The van der Waals surface area contributed by atoms with Gasteiger partial charge in [0.2, 0.25) is 11.8 Å². The summed E-state index contributed by atoms with van der Waals surface area (Å²) in [6, 6.07) is 0.0754. The number of carbonyl (C=O) groups is 2. The molecule has 0 aliphatic heterocycles. The fourth-order valence-electron chi connectivity index (χ4n) is 2.27. The molecule has 3 N–H and O–H groups in total. The minimum atomic E-state index is -0.262. The molecule has 1 atom stereocenters. The lowest BCUT2D eigenvalue weighted by atomic mass is 10.2. The quantitative estimate of drug-likeness (QED) is 0.528. The highest BCUT2D eigenvalue weighted by molar-refractivity contribution is 5.81. The van der Waals surface area contributed by atoms with Crippen LogP contribution in [0.5, 0.6) is 0 Å². The van der Waals surface area contributed by atoms with Crippen LogP contribution >= 0.6 is 0 Å². The van der Waals surface area contributed by atoms with Gasteiger partial charge in [0.25, 0.3) is 0 Å². The minimum Gasteiger partial charge on any atom is -0.383 e. The molecule has 1 saturated carbocycles. The maximum atomic E-state index is 11.9. The molecule has 1 fully saturated rings. The molecular formula is C14H27N3O3. The SMILES string of the molecule is COCCNC(=O)CCNC(C)C(=O)NC1CCCC1. The van der Waals surface area contributed by atoms with Crippen LogP contribution in [0.2, 0.25) is 0 Å². The number of methoxy groups -OCH3 is 1. The van der Waals surface area contributed by atoms with Crippen molar-refractivity contribution in [2.24, 2.45) is 0 Å². The van der Waals surface area contributed by atoms with Crippen molar-refractivity contribution >= 4 is 11.8 Å². The summed E-state index contributed by atoms with van der Waals surface area (Å²) in [4.78, 5) is 23.3. The molecule has 6 nitrogen and oxygen atoms in total. The van der Waals surface area contributed by atoms with Crippen molar-refractivity contribution in [1.82, 2.24) is 16.0 Å². The zero-order chi connectivity index (χ0) is 14.8. The van der Waals surface area contributed by atoms with Crippen LogP contribution in [0.4, 0.5) is 0 Å². The zero-order valence-corrected chi connectivity index (χ0v) is 12.5. The first-order chi connectivity index (χ1) is 9.63. The maximum absolute atomic E-state index is 11.9. The van der Waals surface area contributed by atoms with Gasteiger partial charge >= 0.3 is 0 Å². The second-order valence-electron chi connectivity index (χ2n) is 5.26. The number of hydrogen-bond acceptors (Lipinski definition) is 4. The zero-order valence-electron chi connectivity index (χ0n) is 12.5. The van der Waals surface area contributed by atoms with E-state index in [2.05, 4.69) is 16.0 Å². The maximum Gasteiger partial charge on any atom is 0.237 e. The summed E-state index contributed by atoms with van der Waals surface area (Å²) in [7, 11) is 1.60. The molecule has 1 aliphatic carbocycles. The lowest BCUT2D eigenvalue weighted by molar-refractivity contribution is -0.124. The van der Waals surface area contributed by atoms with E-state index >= 15 is 0 Å². The summed E-state index contributed by atoms with van der Waals surface area (Å²) in [5, 5.41) is 8.85. The Hall–Kier alpha value is -1.14. The van der Waals surface area contributed by atoms with Crippen LogP contribution < -0.4 is 16.0 Å². The van der Waals surface area contributed by atoms with Crippen molar-refractivity contribution in [3.8, 4) is 0 Å². The van der Waals surface area contributed by atoms with Gasteiger partial charge in [0.1, 0.15) is 0 Å². The van der Waals surface area contributed by atoms with Gasteiger partial charge in [0, 0.05) is 32.7 Å². The highest BCUT2D eigenvalue weighted by atomic mass is 16.5. The Labute approximate surface area is 121 Å². The van der Waals surface area contributed by atoms with Crippen LogP contribution in [0.1, 0.15) is 39.0 Å². The van der Waals surface area contributed by atoms with Gasteiger partial charge in [-0.3, -0.25) is 9.59 Å². The third-order valence-corrected chi connectivity index (χ3v) is 3.53. The molecular weight excluding hydrogens is 258 g/mol. The van der Waals surface area contributed by atoms with Gasteiger partial charge in [-0.2, -0.15) is 0 Å². The lowest BCUT2D eigenvalue weighted by Crippen LogP contribution is -2.46. The molecule has 6 heteroatoms. The number of carbonyl (C=O) groups excluding carboxylic acids is 2. The fraction of sp³-hybridized carbons (Fsp3) is 0.857. The minimum absolute atomic E-state index is 0.0247. The molecule has 1 rings (SSSR count). The Morgan fingerprint density at radius 3 is 2.60 bits per heavy atom. The number of rotatable bonds is 9. The van der Waals surface area contributed by atoms with E-state index < -0.39 is 0 Å². The molecule has 0 heterocycles. The molecule has 20 heavy (non-hydrogen) atoms. The molecule has 0 saturated heterocycles. The Bertz CT molecular complexity index is 304. The number of hydrogen-bond donors (Lipinski definition) is 3. The molecule has 0 aromatic rings. The van der Waals surface area contributed by atoms with Crippen molar-refractivity contribution < 1.29 is 14.3 Å². The highest BCUT2D eigenvalue weighted by Gasteiger charge is 2.20. The van der Waals surface area contributed by atoms with Gasteiger partial charge in [-0.25, -0.2) is 0 Å². The van der Waals surface area contributed by atoms with Crippen molar-refractivity contribution in [3.05, 3.63) is 0 Å². The number of amides is 2. The van der Waals surface area contributed by atoms with Gasteiger partial charge in [-0.05, 0) is 19.8 Å². The molecule has 1 aliphatic rings. The van der Waals surface area contributed by atoms with Gasteiger partial charge < -0.3 is 20.7 Å². The van der Waals surface area contributed by atoms with Crippen LogP contribution in [0.3, 0.4) is 0 Å². The summed E-state index contributed by atoms with van der Waals surface area (Å²) in [5.41, 5.74) is 0. The van der Waals surface area contributed by atoms with Crippen LogP contribution in [0.25, 0.3) is 0 Å². The average molecular weight is 285 g/mol. The summed E-state index contributed by atoms with van der Waals surface area (Å²) in [6.45, 7) is 3.36. The van der Waals surface area contributed by atoms with Crippen LogP contribution in [-0.2, 0) is 14.3 Å². The normalized spacial score (nSPS) is 16.9. The number of ether oxygens (including phenoxy) is 1. The smallest absolute Gasteiger partial charge is 0.237 e. The lowest BCUT2D eigenvalue weighted by Gasteiger charge is -2.17. The summed E-state index contributed by atoms with van der Waals surface area (Å²) < 4.78 is 4.85. The summed E-state index contributed by atoms with van der Waals surface area (Å²) in [5.74, 6) is -0.00496. The molecule has 0 aromatic carbocycles. The summed E-state index contributed by atoms with van der Waals surface area (Å²) in [6.07, 6.45) is 4.94. The van der Waals surface area contributed by atoms with Crippen molar-refractivity contribution in [2.45, 2.75) is 51.1 Å². The van der Waals surface area contributed by atoms with E-state index in [1.807, 2.05) is 6.92 Å². The Morgan fingerprint density at radius 1 is 1.25 bits per heavy atom. The average Bonchev–Trinajstić information content (AvgIpc) is 2.91. The van der Waals surface area contributed by atoms with Gasteiger partial charge in [0.05, 0.1) is 12.6 Å². The van der Waals surface area contributed by atoms with Crippen LogP contribution in [-0.4, -0.2) is 50.7 Å². The highest BCUT2D eigenvalue weighted by Crippen LogP contribution is 2.17. The van der Waals surface area contributed by atoms with Crippen LogP contribution in [0, 0.1) is 0 Å². The van der Waals surface area contributed by atoms with Crippen LogP contribution in [0.15, 0.2) is 0 Å². The predicted molar refractivity (Wildman–Crippen MR) is 77.4 cm³/mol. The number of nitrogens with one attached hydrogen (secondary N) is 3. The van der Waals surface area contributed by atoms with E-state index in [1.54, 1.807) is 7.11 Å². The van der Waals surface area contributed by atoms with Gasteiger partial charge in [-0.15, -0.1) is 0 Å². The standard InChI is InChI=1S/C14H27N3O3/c1-11(14(19)17-12-5-3-4-6-12)15-8-7-13(18)16-9-10-20-2/h11-12,15H,3-10H2,1-2H3,(H,16,18)(H,17,19). The molecule has 116 valence electrons. The monoisotopic (exact) mass is 285 g/mol. The largest absolute Gasteiger partial charge is 0.383 e. The first-order valence-corrected chi connectivity index (χ1v) is 7.43. The summed E-state index contributed by atoms with van der Waals surface area (Å²) >= 11 is 0. The Kier molecular flexibility index (Phi) is 8.22. The molecule has 1 unspecified atom stereocenters. The second-order valence-corrected chi connectivity index (χ2v) is 5.26. The van der Waals surface area contributed by atoms with Crippen molar-refractivity contribution in [2.75, 3.05) is 26.8 Å². The van der Waals surface area contributed by atoms with E-state index in [0.29, 0.717) is 32.2 Å². The van der Waals surface area contributed by atoms with E-state index in [1.165, 1.54) is 12.8 Å². The molecule has 0 bridgehead atoms. The first kappa shape index (κ1) is 16.9. The van der Waals surface area contributed by atoms with E-state index in [4.69, 9.17) is 4.74 Å². The molecule has 2 amide bonds. The third kappa shape index (κ3) is 6.86. The predicted octanol–water partition coefficient (Wildman–Crippen LogP) is 0.176.